The van der Waals surface area contributed by atoms with Crippen molar-refractivity contribution in [2.75, 3.05) is 36.0 Å². The number of rotatable bonds is 5. The van der Waals surface area contributed by atoms with Gasteiger partial charge in [0.05, 0.1) is 35.3 Å². The average Bonchev–Trinajstić information content (AvgIpc) is 3.18. The normalized spacial score (nSPS) is 33.2. The van der Waals surface area contributed by atoms with E-state index in [4.69, 9.17) is 4.74 Å². The first kappa shape index (κ1) is 21.2. The van der Waals surface area contributed by atoms with Gasteiger partial charge in [-0.3, -0.25) is 10.1 Å². The maximum atomic E-state index is 14.8. The maximum Gasteiger partial charge on any atom is 0.132 e. The molecule has 2 aliphatic carbocycles. The summed E-state index contributed by atoms with van der Waals surface area (Å²) in [5, 5.41) is 4.29. The second kappa shape index (κ2) is 8.18. The van der Waals surface area contributed by atoms with E-state index in [9.17, 15) is 4.39 Å². The van der Waals surface area contributed by atoms with Crippen LogP contribution < -0.4 is 20.7 Å². The molecule has 178 valence electrons. The Morgan fingerprint density at radius 3 is 2.61 bits per heavy atom. The van der Waals surface area contributed by atoms with Crippen LogP contribution in [0.4, 0.5) is 15.9 Å². The summed E-state index contributed by atoms with van der Waals surface area (Å²) in [5.41, 5.74) is 8.73. The topological polar surface area (TPSA) is 83.4 Å². The van der Waals surface area contributed by atoms with Gasteiger partial charge in [-0.1, -0.05) is 0 Å². The molecule has 9 nitrogen and oxygen atoms in total. The molecule has 0 aromatic carbocycles. The van der Waals surface area contributed by atoms with Gasteiger partial charge < -0.3 is 14.5 Å². The number of halogens is 1. The third-order valence-corrected chi connectivity index (χ3v) is 7.80. The smallest absolute Gasteiger partial charge is 0.132 e. The van der Waals surface area contributed by atoms with Crippen molar-refractivity contribution in [1.29, 1.82) is 0 Å². The zero-order valence-electron chi connectivity index (χ0n) is 19.3. The number of ether oxygens (including phenoxy) is 1. The monoisotopic (exact) mass is 456 g/mol. The highest BCUT2D eigenvalue weighted by atomic mass is 19.1. The quantitative estimate of drug-likeness (QED) is 0.704. The SMILES string of the molecule is Cn1cc(N2CCN(c3cc(C4NNC5CC(F)C(OC6(C)CC6)CC54)ncn3)CC2)cn1. The van der Waals surface area contributed by atoms with Gasteiger partial charge in [0.1, 0.15) is 18.3 Å². The number of hydrazine groups is 1. The predicted octanol–water partition coefficient (Wildman–Crippen LogP) is 1.74. The van der Waals surface area contributed by atoms with Crippen molar-refractivity contribution < 1.29 is 9.13 Å². The first-order valence-electron chi connectivity index (χ1n) is 12.1. The van der Waals surface area contributed by atoms with Crippen molar-refractivity contribution in [3.05, 3.63) is 30.5 Å². The molecular weight excluding hydrogens is 423 g/mol. The fourth-order valence-electron chi connectivity index (χ4n) is 5.53. The minimum absolute atomic E-state index is 0.0269. The van der Waals surface area contributed by atoms with Crippen molar-refractivity contribution in [3.8, 4) is 0 Å². The van der Waals surface area contributed by atoms with Crippen LogP contribution in [0.15, 0.2) is 24.8 Å². The van der Waals surface area contributed by atoms with Crippen LogP contribution in [0.2, 0.25) is 0 Å². The Morgan fingerprint density at radius 1 is 1.09 bits per heavy atom. The average molecular weight is 457 g/mol. The molecule has 33 heavy (non-hydrogen) atoms. The van der Waals surface area contributed by atoms with Crippen LogP contribution in [0.5, 0.6) is 0 Å². The molecule has 2 saturated carbocycles. The van der Waals surface area contributed by atoms with E-state index in [1.165, 1.54) is 0 Å². The fourth-order valence-corrected chi connectivity index (χ4v) is 5.53. The summed E-state index contributed by atoms with van der Waals surface area (Å²) in [5.74, 6) is 1.20. The van der Waals surface area contributed by atoms with Crippen LogP contribution in [0.25, 0.3) is 0 Å². The van der Waals surface area contributed by atoms with Crippen LogP contribution in [0.3, 0.4) is 0 Å². The molecule has 4 fully saturated rings. The van der Waals surface area contributed by atoms with Crippen molar-refractivity contribution in [3.63, 3.8) is 0 Å². The number of anilines is 2. The highest BCUT2D eigenvalue weighted by molar-refractivity contribution is 5.47. The van der Waals surface area contributed by atoms with E-state index in [1.807, 2.05) is 17.9 Å². The molecule has 5 unspecified atom stereocenters. The Hall–Kier alpha value is -2.30. The zero-order chi connectivity index (χ0) is 22.6. The van der Waals surface area contributed by atoms with Crippen molar-refractivity contribution in [2.45, 2.75) is 62.6 Å². The van der Waals surface area contributed by atoms with Gasteiger partial charge >= 0.3 is 0 Å². The molecule has 6 rings (SSSR count). The number of fused-ring (bicyclic) bond motifs is 1. The summed E-state index contributed by atoms with van der Waals surface area (Å²) in [4.78, 5) is 13.8. The molecule has 0 spiro atoms. The van der Waals surface area contributed by atoms with E-state index >= 15 is 0 Å². The lowest BCUT2D eigenvalue weighted by Crippen LogP contribution is -2.46. The van der Waals surface area contributed by atoms with Gasteiger partial charge in [0, 0.05) is 57.4 Å². The number of alkyl halides is 1. The van der Waals surface area contributed by atoms with Gasteiger partial charge in [-0.25, -0.2) is 19.8 Å². The largest absolute Gasteiger partial charge is 0.369 e. The van der Waals surface area contributed by atoms with Gasteiger partial charge in [0.2, 0.25) is 0 Å². The fraction of sp³-hybridized carbons (Fsp3) is 0.696. The lowest BCUT2D eigenvalue weighted by atomic mass is 9.78. The molecular formula is C23H33FN8O. The van der Waals surface area contributed by atoms with Gasteiger partial charge in [-0.15, -0.1) is 0 Å². The Labute approximate surface area is 193 Å². The van der Waals surface area contributed by atoms with E-state index in [0.717, 1.165) is 56.2 Å². The molecule has 2 aromatic rings. The number of hydrogen-bond acceptors (Lipinski definition) is 8. The highest BCUT2D eigenvalue weighted by Gasteiger charge is 2.50. The van der Waals surface area contributed by atoms with Crippen molar-refractivity contribution in [1.82, 2.24) is 30.6 Å². The highest BCUT2D eigenvalue weighted by Crippen LogP contribution is 2.45. The maximum absolute atomic E-state index is 14.8. The Kier molecular flexibility index (Phi) is 5.26. The number of aryl methyl sites for hydroxylation is 1. The number of piperazine rings is 1. The van der Waals surface area contributed by atoms with Gasteiger partial charge in [0.15, 0.2) is 0 Å². The Bertz CT molecular complexity index is 988. The summed E-state index contributed by atoms with van der Waals surface area (Å²) >= 11 is 0. The van der Waals surface area contributed by atoms with E-state index in [0.29, 0.717) is 12.8 Å². The summed E-state index contributed by atoms with van der Waals surface area (Å²) in [6, 6.07) is 2.22. The number of hydrogen-bond donors (Lipinski definition) is 2. The molecule has 10 heteroatoms. The minimum atomic E-state index is -0.922. The standard InChI is InChI=1S/C23H33FN8O/c1-23(3-4-23)33-20-9-16-18(10-17(20)24)28-29-22(16)19-11-21(26-14-25-19)32-7-5-31(6-8-32)15-12-27-30(2)13-15/h11-14,16-18,20,22,28-29H,3-10H2,1-2H3. The summed E-state index contributed by atoms with van der Waals surface area (Å²) in [6.07, 6.45) is 7.63. The summed E-state index contributed by atoms with van der Waals surface area (Å²) in [7, 11) is 1.94. The molecule has 2 N–H and O–H groups in total. The third kappa shape index (κ3) is 4.20. The minimum Gasteiger partial charge on any atom is -0.369 e. The van der Waals surface area contributed by atoms with Gasteiger partial charge in [0.25, 0.3) is 0 Å². The second-order valence-corrected chi connectivity index (χ2v) is 10.3. The first-order chi connectivity index (χ1) is 16.0. The molecule has 0 amide bonds. The van der Waals surface area contributed by atoms with Crippen molar-refractivity contribution >= 4 is 11.5 Å². The molecule has 4 heterocycles. The number of aromatic nitrogens is 4. The van der Waals surface area contributed by atoms with Crippen LogP contribution in [-0.2, 0) is 11.8 Å². The van der Waals surface area contributed by atoms with Crippen LogP contribution in [0, 0.1) is 5.92 Å². The predicted molar refractivity (Wildman–Crippen MR) is 123 cm³/mol. The van der Waals surface area contributed by atoms with Crippen LogP contribution in [-0.4, -0.2) is 69.8 Å². The van der Waals surface area contributed by atoms with Crippen LogP contribution >= 0.6 is 0 Å². The molecule has 0 bridgehead atoms. The van der Waals surface area contributed by atoms with Gasteiger partial charge in [-0.2, -0.15) is 5.10 Å². The van der Waals surface area contributed by atoms with E-state index in [1.54, 1.807) is 6.33 Å². The van der Waals surface area contributed by atoms with Gasteiger partial charge in [-0.05, 0) is 32.6 Å². The molecule has 4 aliphatic rings. The molecule has 5 atom stereocenters. The van der Waals surface area contributed by atoms with E-state index in [2.05, 4.69) is 54.9 Å². The second-order valence-electron chi connectivity index (χ2n) is 10.3. The molecule has 2 aromatic heterocycles. The molecule has 2 saturated heterocycles. The Balaban J connectivity index is 1.13. The molecule has 0 radical (unpaired) electrons. The lowest BCUT2D eigenvalue weighted by molar-refractivity contribution is -0.0886. The molecule has 2 aliphatic heterocycles. The number of nitrogens with one attached hydrogen (secondary N) is 2. The van der Waals surface area contributed by atoms with Crippen LogP contribution in [0.1, 0.15) is 44.3 Å². The van der Waals surface area contributed by atoms with Crippen molar-refractivity contribution in [2.24, 2.45) is 13.0 Å². The lowest BCUT2D eigenvalue weighted by Gasteiger charge is -2.37. The summed E-state index contributed by atoms with van der Waals surface area (Å²) in [6.45, 7) is 5.74. The number of nitrogens with zero attached hydrogens (tertiary/aromatic N) is 6. The first-order valence-corrected chi connectivity index (χ1v) is 12.1. The Morgan fingerprint density at radius 2 is 1.88 bits per heavy atom. The zero-order valence-corrected chi connectivity index (χ0v) is 19.3. The van der Waals surface area contributed by atoms with E-state index < -0.39 is 6.17 Å². The van der Waals surface area contributed by atoms with E-state index in [-0.39, 0.29) is 29.7 Å². The third-order valence-electron chi connectivity index (χ3n) is 7.80. The summed E-state index contributed by atoms with van der Waals surface area (Å²) < 4.78 is 22.8.